The van der Waals surface area contributed by atoms with Crippen LogP contribution in [0.2, 0.25) is 0 Å². The van der Waals surface area contributed by atoms with E-state index in [1.807, 2.05) is 17.5 Å². The van der Waals surface area contributed by atoms with Gasteiger partial charge in [-0.1, -0.05) is 36.4 Å². The van der Waals surface area contributed by atoms with Crippen molar-refractivity contribution in [1.29, 1.82) is 0 Å². The highest BCUT2D eigenvalue weighted by Crippen LogP contribution is 2.13. The lowest BCUT2D eigenvalue weighted by molar-refractivity contribution is -0.121. The number of nitrogens with one attached hydrogen (secondary N) is 1. The maximum atomic E-state index is 12.1. The SMILES string of the molecule is O=C(Cc1cccs1)NC1CCN(CCc2ccccc2)CC1. The van der Waals surface area contributed by atoms with Crippen LogP contribution < -0.4 is 5.32 Å². The summed E-state index contributed by atoms with van der Waals surface area (Å²) in [4.78, 5) is 15.7. The molecule has 1 aliphatic heterocycles. The lowest BCUT2D eigenvalue weighted by Crippen LogP contribution is -2.45. The van der Waals surface area contributed by atoms with Gasteiger partial charge >= 0.3 is 0 Å². The van der Waals surface area contributed by atoms with E-state index in [-0.39, 0.29) is 5.91 Å². The second-order valence-corrected chi connectivity index (χ2v) is 7.21. The Kier molecular flexibility index (Phi) is 5.83. The quantitative estimate of drug-likeness (QED) is 0.884. The fourth-order valence-electron chi connectivity index (χ4n) is 3.08. The molecule has 4 heteroatoms. The maximum Gasteiger partial charge on any atom is 0.225 e. The monoisotopic (exact) mass is 328 g/mol. The average molecular weight is 328 g/mol. The van der Waals surface area contributed by atoms with Crippen LogP contribution in [0.1, 0.15) is 23.3 Å². The molecule has 1 aromatic heterocycles. The Labute approximate surface area is 142 Å². The molecule has 0 atom stereocenters. The smallest absolute Gasteiger partial charge is 0.225 e. The number of hydrogen-bond acceptors (Lipinski definition) is 3. The van der Waals surface area contributed by atoms with Crippen LogP contribution in [0.4, 0.5) is 0 Å². The van der Waals surface area contributed by atoms with Crippen molar-refractivity contribution in [2.24, 2.45) is 0 Å². The Bertz CT molecular complexity index is 589. The largest absolute Gasteiger partial charge is 0.353 e. The van der Waals surface area contributed by atoms with Crippen molar-refractivity contribution in [2.45, 2.75) is 31.7 Å². The van der Waals surface area contributed by atoms with Crippen LogP contribution in [0.15, 0.2) is 47.8 Å². The van der Waals surface area contributed by atoms with Crippen LogP contribution in [0.5, 0.6) is 0 Å². The van der Waals surface area contributed by atoms with Crippen molar-refractivity contribution in [3.63, 3.8) is 0 Å². The summed E-state index contributed by atoms with van der Waals surface area (Å²) < 4.78 is 0. The van der Waals surface area contributed by atoms with Gasteiger partial charge in [0.05, 0.1) is 6.42 Å². The zero-order chi connectivity index (χ0) is 15.9. The van der Waals surface area contributed by atoms with Crippen molar-refractivity contribution >= 4 is 17.2 Å². The van der Waals surface area contributed by atoms with E-state index in [0.29, 0.717) is 12.5 Å². The number of likely N-dealkylation sites (tertiary alicyclic amines) is 1. The van der Waals surface area contributed by atoms with E-state index in [0.717, 1.165) is 43.8 Å². The minimum Gasteiger partial charge on any atom is -0.353 e. The van der Waals surface area contributed by atoms with Crippen LogP contribution >= 0.6 is 11.3 Å². The van der Waals surface area contributed by atoms with Gasteiger partial charge in [-0.3, -0.25) is 4.79 Å². The number of nitrogens with zero attached hydrogens (tertiary/aromatic N) is 1. The van der Waals surface area contributed by atoms with Gasteiger partial charge in [-0.25, -0.2) is 0 Å². The van der Waals surface area contributed by atoms with E-state index in [4.69, 9.17) is 0 Å². The van der Waals surface area contributed by atoms with E-state index in [1.165, 1.54) is 5.56 Å². The topological polar surface area (TPSA) is 32.3 Å². The first-order valence-corrected chi connectivity index (χ1v) is 9.25. The number of rotatable bonds is 6. The Morgan fingerprint density at radius 1 is 1.13 bits per heavy atom. The summed E-state index contributed by atoms with van der Waals surface area (Å²) in [6.45, 7) is 3.27. The molecule has 23 heavy (non-hydrogen) atoms. The van der Waals surface area contributed by atoms with Crippen LogP contribution in [0.3, 0.4) is 0 Å². The first-order chi connectivity index (χ1) is 11.3. The lowest BCUT2D eigenvalue weighted by atomic mass is 10.0. The van der Waals surface area contributed by atoms with Gasteiger partial charge in [0.25, 0.3) is 0 Å². The lowest BCUT2D eigenvalue weighted by Gasteiger charge is -2.32. The van der Waals surface area contributed by atoms with Gasteiger partial charge in [-0.05, 0) is 36.3 Å². The molecule has 0 aliphatic carbocycles. The molecule has 0 radical (unpaired) electrons. The number of hydrogen-bond donors (Lipinski definition) is 1. The molecule has 0 saturated carbocycles. The van der Waals surface area contributed by atoms with E-state index in [1.54, 1.807) is 11.3 Å². The Hall–Kier alpha value is -1.65. The number of carbonyl (C=O) groups excluding carboxylic acids is 1. The van der Waals surface area contributed by atoms with Crippen molar-refractivity contribution in [2.75, 3.05) is 19.6 Å². The number of benzene rings is 1. The highest BCUT2D eigenvalue weighted by atomic mass is 32.1. The van der Waals surface area contributed by atoms with Gasteiger partial charge in [-0.2, -0.15) is 0 Å². The van der Waals surface area contributed by atoms with Crippen molar-refractivity contribution < 1.29 is 4.79 Å². The van der Waals surface area contributed by atoms with Crippen molar-refractivity contribution in [3.05, 3.63) is 58.3 Å². The van der Waals surface area contributed by atoms with Crippen LogP contribution in [-0.2, 0) is 17.6 Å². The number of amides is 1. The van der Waals surface area contributed by atoms with Crippen LogP contribution in [0.25, 0.3) is 0 Å². The third-order valence-electron chi connectivity index (χ3n) is 4.43. The number of carbonyl (C=O) groups is 1. The average Bonchev–Trinajstić information content (AvgIpc) is 3.08. The molecule has 1 aromatic carbocycles. The molecular weight excluding hydrogens is 304 g/mol. The van der Waals surface area contributed by atoms with Crippen LogP contribution in [-0.4, -0.2) is 36.5 Å². The maximum absolute atomic E-state index is 12.1. The summed E-state index contributed by atoms with van der Waals surface area (Å²) in [5.74, 6) is 0.162. The highest BCUT2D eigenvalue weighted by molar-refractivity contribution is 7.10. The summed E-state index contributed by atoms with van der Waals surface area (Å²) >= 11 is 1.65. The van der Waals surface area contributed by atoms with Gasteiger partial charge in [0.2, 0.25) is 5.91 Å². The molecule has 0 unspecified atom stereocenters. The molecule has 1 saturated heterocycles. The minimum absolute atomic E-state index is 0.162. The van der Waals surface area contributed by atoms with E-state index in [9.17, 15) is 4.79 Å². The zero-order valence-electron chi connectivity index (χ0n) is 13.4. The molecule has 1 amide bonds. The van der Waals surface area contributed by atoms with Gasteiger partial charge in [0.1, 0.15) is 0 Å². The van der Waals surface area contributed by atoms with Crippen molar-refractivity contribution in [3.8, 4) is 0 Å². The second kappa shape index (κ2) is 8.27. The fourth-order valence-corrected chi connectivity index (χ4v) is 3.79. The second-order valence-electron chi connectivity index (χ2n) is 6.18. The standard InChI is InChI=1S/C19H24N2OS/c22-19(15-18-7-4-14-23-18)20-17-9-12-21(13-10-17)11-8-16-5-2-1-3-6-16/h1-7,14,17H,8-13,15H2,(H,20,22). The molecule has 0 bridgehead atoms. The highest BCUT2D eigenvalue weighted by Gasteiger charge is 2.20. The Morgan fingerprint density at radius 3 is 2.61 bits per heavy atom. The minimum atomic E-state index is 0.162. The molecule has 1 N–H and O–H groups in total. The third-order valence-corrected chi connectivity index (χ3v) is 5.30. The first kappa shape index (κ1) is 16.2. The summed E-state index contributed by atoms with van der Waals surface area (Å²) in [5, 5.41) is 5.21. The first-order valence-electron chi connectivity index (χ1n) is 8.37. The molecule has 2 aromatic rings. The Morgan fingerprint density at radius 2 is 1.91 bits per heavy atom. The molecule has 1 fully saturated rings. The normalized spacial score (nSPS) is 16.3. The number of thiophene rings is 1. The summed E-state index contributed by atoms with van der Waals surface area (Å²) in [6, 6.07) is 15.0. The summed E-state index contributed by atoms with van der Waals surface area (Å²) in [6.07, 6.45) is 3.75. The summed E-state index contributed by atoms with van der Waals surface area (Å²) in [7, 11) is 0. The van der Waals surface area contributed by atoms with Gasteiger partial charge < -0.3 is 10.2 Å². The number of piperidine rings is 1. The zero-order valence-corrected chi connectivity index (χ0v) is 14.2. The predicted octanol–water partition coefficient (Wildman–Crippen LogP) is 3.11. The molecule has 122 valence electrons. The van der Waals surface area contributed by atoms with E-state index in [2.05, 4.69) is 40.5 Å². The van der Waals surface area contributed by atoms with Crippen molar-refractivity contribution in [1.82, 2.24) is 10.2 Å². The van der Waals surface area contributed by atoms with Gasteiger partial charge in [0, 0.05) is 30.6 Å². The third kappa shape index (κ3) is 5.19. The molecule has 0 spiro atoms. The molecule has 3 rings (SSSR count). The van der Waals surface area contributed by atoms with E-state index < -0.39 is 0 Å². The Balaban J connectivity index is 1.36. The molecule has 1 aliphatic rings. The molecular formula is C19H24N2OS. The fraction of sp³-hybridized carbons (Fsp3) is 0.421. The van der Waals surface area contributed by atoms with Gasteiger partial charge in [0.15, 0.2) is 0 Å². The summed E-state index contributed by atoms with van der Waals surface area (Å²) in [5.41, 5.74) is 1.40. The molecule has 2 heterocycles. The van der Waals surface area contributed by atoms with Crippen LogP contribution in [0, 0.1) is 0 Å². The van der Waals surface area contributed by atoms with Gasteiger partial charge in [-0.15, -0.1) is 11.3 Å². The van der Waals surface area contributed by atoms with E-state index >= 15 is 0 Å². The molecule has 3 nitrogen and oxygen atoms in total. The predicted molar refractivity (Wildman–Crippen MR) is 95.8 cm³/mol.